The highest BCUT2D eigenvalue weighted by Crippen LogP contribution is 2.24. The summed E-state index contributed by atoms with van der Waals surface area (Å²) in [5.41, 5.74) is 2.35. The third-order valence-corrected chi connectivity index (χ3v) is 4.64. The molecule has 2 aromatic heterocycles. The maximum atomic E-state index is 12.8. The number of carbonyl (C=O) groups excluding carboxylic acids is 1. The number of piperidine rings is 1. The van der Waals surface area contributed by atoms with Crippen LogP contribution in [0.5, 0.6) is 0 Å². The van der Waals surface area contributed by atoms with Crippen molar-refractivity contribution in [1.29, 1.82) is 0 Å². The SMILES string of the molecule is Cc1cc(-n2c(C)cc(C(=O)N3CCC(C(=O)O)CC3)c2C)no1. The molecule has 1 aliphatic rings. The van der Waals surface area contributed by atoms with Gasteiger partial charge in [-0.05, 0) is 39.7 Å². The zero-order chi connectivity index (χ0) is 17.4. The summed E-state index contributed by atoms with van der Waals surface area (Å²) in [6, 6.07) is 3.68. The lowest BCUT2D eigenvalue weighted by Gasteiger charge is -2.30. The van der Waals surface area contributed by atoms with E-state index in [1.165, 1.54) is 0 Å². The molecule has 7 heteroatoms. The van der Waals surface area contributed by atoms with Crippen LogP contribution in [-0.2, 0) is 4.79 Å². The molecule has 0 atom stereocenters. The molecule has 0 radical (unpaired) electrons. The topological polar surface area (TPSA) is 88.6 Å². The number of aryl methyl sites for hydroxylation is 2. The van der Waals surface area contributed by atoms with Crippen molar-refractivity contribution in [3.63, 3.8) is 0 Å². The van der Waals surface area contributed by atoms with Crippen LogP contribution in [0.15, 0.2) is 16.7 Å². The average molecular weight is 331 g/mol. The summed E-state index contributed by atoms with van der Waals surface area (Å²) in [4.78, 5) is 25.6. The van der Waals surface area contributed by atoms with Crippen molar-refractivity contribution in [2.45, 2.75) is 33.6 Å². The number of amides is 1. The predicted molar refractivity (Wildman–Crippen MR) is 86.3 cm³/mol. The van der Waals surface area contributed by atoms with Crippen molar-refractivity contribution in [2.75, 3.05) is 13.1 Å². The van der Waals surface area contributed by atoms with Crippen molar-refractivity contribution < 1.29 is 19.2 Å². The Morgan fingerprint density at radius 1 is 1.21 bits per heavy atom. The Balaban J connectivity index is 1.83. The highest BCUT2D eigenvalue weighted by atomic mass is 16.5. The molecule has 3 rings (SSSR count). The maximum absolute atomic E-state index is 12.8. The summed E-state index contributed by atoms with van der Waals surface area (Å²) in [5, 5.41) is 13.1. The first kappa shape index (κ1) is 16.3. The van der Waals surface area contributed by atoms with E-state index in [4.69, 9.17) is 9.63 Å². The van der Waals surface area contributed by atoms with E-state index < -0.39 is 5.97 Å². The summed E-state index contributed by atoms with van der Waals surface area (Å²) in [7, 11) is 0. The van der Waals surface area contributed by atoms with Gasteiger partial charge in [0.25, 0.3) is 5.91 Å². The van der Waals surface area contributed by atoms with Crippen molar-refractivity contribution in [3.8, 4) is 5.82 Å². The first-order valence-corrected chi connectivity index (χ1v) is 8.03. The molecule has 1 amide bonds. The second-order valence-corrected chi connectivity index (χ2v) is 6.32. The number of nitrogens with zero attached hydrogens (tertiary/aromatic N) is 3. The Kier molecular flexibility index (Phi) is 4.17. The zero-order valence-electron chi connectivity index (χ0n) is 14.1. The number of hydrogen-bond acceptors (Lipinski definition) is 4. The largest absolute Gasteiger partial charge is 0.481 e. The summed E-state index contributed by atoms with van der Waals surface area (Å²) >= 11 is 0. The number of likely N-dealkylation sites (tertiary alicyclic amines) is 1. The van der Waals surface area contributed by atoms with Gasteiger partial charge in [-0.1, -0.05) is 5.16 Å². The molecule has 1 aliphatic heterocycles. The number of carbonyl (C=O) groups is 2. The standard InChI is InChI=1S/C17H21N3O4/c1-10-8-14(12(3)20(10)15-9-11(2)24-18-15)16(21)19-6-4-13(5-7-19)17(22)23/h8-9,13H,4-7H2,1-3H3,(H,22,23). The first-order valence-electron chi connectivity index (χ1n) is 8.03. The Hall–Kier alpha value is -2.57. The normalized spacial score (nSPS) is 15.7. The quantitative estimate of drug-likeness (QED) is 0.932. The highest BCUT2D eigenvalue weighted by Gasteiger charge is 2.29. The van der Waals surface area contributed by atoms with Gasteiger partial charge in [0.05, 0.1) is 11.5 Å². The van der Waals surface area contributed by atoms with Crippen molar-refractivity contribution >= 4 is 11.9 Å². The summed E-state index contributed by atoms with van der Waals surface area (Å²) in [6.07, 6.45) is 1.00. The molecule has 1 fully saturated rings. The molecule has 24 heavy (non-hydrogen) atoms. The summed E-state index contributed by atoms with van der Waals surface area (Å²) in [5.74, 6) is 0.187. The second kappa shape index (κ2) is 6.14. The van der Waals surface area contributed by atoms with Crippen LogP contribution in [0.4, 0.5) is 0 Å². The Morgan fingerprint density at radius 3 is 2.42 bits per heavy atom. The summed E-state index contributed by atoms with van der Waals surface area (Å²) in [6.45, 7) is 6.58. The third-order valence-electron chi connectivity index (χ3n) is 4.64. The van der Waals surface area contributed by atoms with E-state index in [0.29, 0.717) is 43.1 Å². The van der Waals surface area contributed by atoms with E-state index in [-0.39, 0.29) is 11.8 Å². The van der Waals surface area contributed by atoms with E-state index >= 15 is 0 Å². The van der Waals surface area contributed by atoms with Gasteiger partial charge in [0, 0.05) is 30.5 Å². The minimum atomic E-state index is -0.776. The molecule has 0 aliphatic carbocycles. The lowest BCUT2D eigenvalue weighted by atomic mass is 9.96. The van der Waals surface area contributed by atoms with Crippen molar-refractivity contribution in [1.82, 2.24) is 14.6 Å². The minimum absolute atomic E-state index is 0.0570. The van der Waals surface area contributed by atoms with Crippen molar-refractivity contribution in [3.05, 3.63) is 34.8 Å². The van der Waals surface area contributed by atoms with Gasteiger partial charge in [-0.3, -0.25) is 14.2 Å². The Morgan fingerprint density at radius 2 is 1.88 bits per heavy atom. The third kappa shape index (κ3) is 2.81. The fraction of sp³-hybridized carbons (Fsp3) is 0.471. The average Bonchev–Trinajstić information content (AvgIpc) is 3.09. The predicted octanol–water partition coefficient (Wildman–Crippen LogP) is 2.33. The van der Waals surface area contributed by atoms with E-state index in [0.717, 1.165) is 11.4 Å². The summed E-state index contributed by atoms with van der Waals surface area (Å²) < 4.78 is 7.02. The molecule has 0 saturated carbocycles. The molecule has 1 saturated heterocycles. The monoisotopic (exact) mass is 331 g/mol. The Bertz CT molecular complexity index is 782. The van der Waals surface area contributed by atoms with Gasteiger partial charge in [-0.25, -0.2) is 0 Å². The van der Waals surface area contributed by atoms with E-state index in [9.17, 15) is 9.59 Å². The number of rotatable bonds is 3. The fourth-order valence-corrected chi connectivity index (χ4v) is 3.29. The van der Waals surface area contributed by atoms with Crippen LogP contribution < -0.4 is 0 Å². The Labute approximate surface area is 139 Å². The van der Waals surface area contributed by atoms with Crippen LogP contribution in [0.25, 0.3) is 5.82 Å². The number of carboxylic acids is 1. The lowest BCUT2D eigenvalue weighted by molar-refractivity contribution is -0.143. The van der Waals surface area contributed by atoms with Crippen LogP contribution in [0.1, 0.15) is 40.3 Å². The smallest absolute Gasteiger partial charge is 0.306 e. The molecular weight excluding hydrogens is 310 g/mol. The van der Waals surface area contributed by atoms with E-state index in [2.05, 4.69) is 5.16 Å². The molecular formula is C17H21N3O4. The van der Waals surface area contributed by atoms with Crippen LogP contribution in [-0.4, -0.2) is 44.7 Å². The minimum Gasteiger partial charge on any atom is -0.481 e. The highest BCUT2D eigenvalue weighted by molar-refractivity contribution is 5.96. The van der Waals surface area contributed by atoms with Gasteiger partial charge in [-0.15, -0.1) is 0 Å². The first-order chi connectivity index (χ1) is 11.4. The number of aromatic nitrogens is 2. The second-order valence-electron chi connectivity index (χ2n) is 6.32. The van der Waals surface area contributed by atoms with Gasteiger partial charge < -0.3 is 14.5 Å². The van der Waals surface area contributed by atoms with Crippen LogP contribution in [0, 0.1) is 26.7 Å². The van der Waals surface area contributed by atoms with Crippen LogP contribution in [0.3, 0.4) is 0 Å². The molecule has 0 unspecified atom stereocenters. The molecule has 2 aromatic rings. The molecule has 0 spiro atoms. The van der Waals surface area contributed by atoms with Crippen molar-refractivity contribution in [2.24, 2.45) is 5.92 Å². The molecule has 0 bridgehead atoms. The van der Waals surface area contributed by atoms with Gasteiger partial charge in [-0.2, -0.15) is 0 Å². The van der Waals surface area contributed by atoms with Gasteiger partial charge in [0.15, 0.2) is 5.82 Å². The maximum Gasteiger partial charge on any atom is 0.306 e. The molecule has 1 N–H and O–H groups in total. The molecule has 0 aromatic carbocycles. The molecule has 128 valence electrons. The van der Waals surface area contributed by atoms with Gasteiger partial charge in [0.1, 0.15) is 5.76 Å². The van der Waals surface area contributed by atoms with Crippen LogP contribution >= 0.6 is 0 Å². The number of carboxylic acid groups (broad SMARTS) is 1. The number of hydrogen-bond donors (Lipinski definition) is 1. The van der Waals surface area contributed by atoms with Gasteiger partial charge in [0.2, 0.25) is 0 Å². The van der Waals surface area contributed by atoms with E-state index in [1.807, 2.05) is 37.5 Å². The fourth-order valence-electron chi connectivity index (χ4n) is 3.29. The van der Waals surface area contributed by atoms with Gasteiger partial charge >= 0.3 is 5.97 Å². The molecule has 3 heterocycles. The van der Waals surface area contributed by atoms with E-state index in [1.54, 1.807) is 4.90 Å². The lowest BCUT2D eigenvalue weighted by Crippen LogP contribution is -2.40. The molecule has 7 nitrogen and oxygen atoms in total. The zero-order valence-corrected chi connectivity index (χ0v) is 14.1. The number of aliphatic carboxylic acids is 1. The van der Waals surface area contributed by atoms with Crippen LogP contribution in [0.2, 0.25) is 0 Å².